The molecule has 1 atom stereocenters. The van der Waals surface area contributed by atoms with E-state index in [1.54, 1.807) is 6.20 Å². The fraction of sp³-hybridized carbons (Fsp3) is 0.462. The minimum absolute atomic E-state index is 0.187. The van der Waals surface area contributed by atoms with Crippen molar-refractivity contribution in [2.45, 2.75) is 33.1 Å². The number of hydrogen-bond donors (Lipinski definition) is 2. The molecule has 104 valence electrons. The molecule has 1 aromatic heterocycles. The summed E-state index contributed by atoms with van der Waals surface area (Å²) in [5.74, 6) is 0.130. The lowest BCUT2D eigenvalue weighted by atomic mass is 10.0. The van der Waals surface area contributed by atoms with E-state index in [-0.39, 0.29) is 11.9 Å². The van der Waals surface area contributed by atoms with Gasteiger partial charge < -0.3 is 11.5 Å². The van der Waals surface area contributed by atoms with Gasteiger partial charge in [-0.25, -0.2) is 4.98 Å². The van der Waals surface area contributed by atoms with Gasteiger partial charge in [0.15, 0.2) is 5.96 Å². The number of halogens is 1. The first-order valence-electron chi connectivity index (χ1n) is 5.94. The van der Waals surface area contributed by atoms with Crippen LogP contribution in [0.4, 0.5) is 0 Å². The van der Waals surface area contributed by atoms with Gasteiger partial charge in [-0.2, -0.15) is 4.99 Å². The van der Waals surface area contributed by atoms with Crippen molar-refractivity contribution in [1.82, 2.24) is 4.98 Å². The molecule has 0 bridgehead atoms. The van der Waals surface area contributed by atoms with E-state index in [0.29, 0.717) is 16.5 Å². The predicted octanol–water partition coefficient (Wildman–Crippen LogP) is 2.05. The van der Waals surface area contributed by atoms with Gasteiger partial charge in [0.2, 0.25) is 5.91 Å². The smallest absolute Gasteiger partial charge is 0.245 e. The van der Waals surface area contributed by atoms with E-state index in [1.807, 2.05) is 6.07 Å². The number of rotatable bonds is 1. The minimum Gasteiger partial charge on any atom is -0.370 e. The maximum atomic E-state index is 9.91. The Morgan fingerprint density at radius 1 is 1.53 bits per heavy atom. The van der Waals surface area contributed by atoms with Crippen molar-refractivity contribution in [3.63, 3.8) is 0 Å². The summed E-state index contributed by atoms with van der Waals surface area (Å²) in [5, 5.41) is 0.607. The number of aliphatic imine (C=N–C) groups is 1. The lowest BCUT2D eigenvalue weighted by molar-refractivity contribution is -0.115. The van der Waals surface area contributed by atoms with E-state index in [1.165, 1.54) is 18.9 Å². The number of carbonyl (C=O) groups excluding carboxylic acids is 1. The molecule has 0 aliphatic heterocycles. The lowest BCUT2D eigenvalue weighted by Crippen LogP contribution is -2.23. The maximum absolute atomic E-state index is 9.91. The van der Waals surface area contributed by atoms with Gasteiger partial charge in [-0.05, 0) is 35.4 Å². The highest BCUT2D eigenvalue weighted by Gasteiger charge is 2.46. The van der Waals surface area contributed by atoms with Crippen LogP contribution < -0.4 is 11.5 Å². The summed E-state index contributed by atoms with van der Waals surface area (Å²) >= 11 is 5.80. The molecule has 0 spiro atoms. The zero-order valence-electron chi connectivity index (χ0n) is 11.4. The van der Waals surface area contributed by atoms with Crippen molar-refractivity contribution in [2.24, 2.45) is 21.9 Å². The topological polar surface area (TPSA) is 94.4 Å². The SMILES string of the molecule is CC(=O)N=C(N)N.CC1(C)CC1c1ccnc(Cl)c1. The number of hydrogen-bond acceptors (Lipinski definition) is 2. The Morgan fingerprint density at radius 2 is 2.11 bits per heavy atom. The molecule has 6 heteroatoms. The van der Waals surface area contributed by atoms with E-state index in [0.717, 1.165) is 0 Å². The summed E-state index contributed by atoms with van der Waals surface area (Å²) in [6.07, 6.45) is 3.05. The highest BCUT2D eigenvalue weighted by atomic mass is 35.5. The van der Waals surface area contributed by atoms with Crippen molar-refractivity contribution >= 4 is 23.5 Å². The van der Waals surface area contributed by atoms with E-state index in [4.69, 9.17) is 23.1 Å². The second-order valence-corrected chi connectivity index (χ2v) is 5.60. The Bertz CT molecular complexity index is 495. The first-order chi connectivity index (χ1) is 8.72. The lowest BCUT2D eigenvalue weighted by Gasteiger charge is -2.02. The first kappa shape index (κ1) is 15.4. The molecule has 5 nitrogen and oxygen atoms in total. The molecule has 0 saturated heterocycles. The molecule has 1 aromatic rings. The summed E-state index contributed by atoms with van der Waals surface area (Å²) in [5.41, 5.74) is 11.4. The average Bonchev–Trinajstić information content (AvgIpc) is 2.86. The molecule has 1 saturated carbocycles. The fourth-order valence-corrected chi connectivity index (χ4v) is 2.03. The third-order valence-electron chi connectivity index (χ3n) is 2.95. The van der Waals surface area contributed by atoms with Crippen LogP contribution in [-0.4, -0.2) is 16.9 Å². The van der Waals surface area contributed by atoms with Gasteiger partial charge in [-0.3, -0.25) is 4.79 Å². The number of nitrogens with two attached hydrogens (primary N) is 2. The normalized spacial score (nSPS) is 18.8. The van der Waals surface area contributed by atoms with Crippen LogP contribution >= 0.6 is 11.6 Å². The monoisotopic (exact) mass is 282 g/mol. The second-order valence-electron chi connectivity index (χ2n) is 5.21. The average molecular weight is 283 g/mol. The zero-order chi connectivity index (χ0) is 14.6. The Morgan fingerprint density at radius 3 is 2.42 bits per heavy atom. The predicted molar refractivity (Wildman–Crippen MR) is 76.9 cm³/mol. The molecule has 1 amide bonds. The van der Waals surface area contributed by atoms with Crippen molar-refractivity contribution in [1.29, 1.82) is 0 Å². The van der Waals surface area contributed by atoms with Crippen LogP contribution in [0, 0.1) is 5.41 Å². The number of aromatic nitrogens is 1. The molecule has 0 aromatic carbocycles. The van der Waals surface area contributed by atoms with Gasteiger partial charge in [0.05, 0.1) is 0 Å². The number of carbonyl (C=O) groups is 1. The van der Waals surface area contributed by atoms with E-state index in [9.17, 15) is 4.79 Å². The molecule has 2 rings (SSSR count). The molecule has 1 aliphatic carbocycles. The van der Waals surface area contributed by atoms with Crippen LogP contribution in [0.5, 0.6) is 0 Å². The Balaban J connectivity index is 0.000000224. The van der Waals surface area contributed by atoms with Crippen LogP contribution in [0.15, 0.2) is 23.3 Å². The Labute approximate surface area is 118 Å². The molecule has 1 aliphatic rings. The fourth-order valence-electron chi connectivity index (χ4n) is 1.85. The minimum atomic E-state index is -0.375. The molecular formula is C13H19ClN4O. The highest BCUT2D eigenvalue weighted by Crippen LogP contribution is 2.58. The number of guanidine groups is 1. The van der Waals surface area contributed by atoms with Gasteiger partial charge in [0.25, 0.3) is 0 Å². The van der Waals surface area contributed by atoms with Gasteiger partial charge in [-0.1, -0.05) is 25.4 Å². The van der Waals surface area contributed by atoms with Gasteiger partial charge >= 0.3 is 0 Å². The van der Waals surface area contributed by atoms with Crippen molar-refractivity contribution in [2.75, 3.05) is 0 Å². The largest absolute Gasteiger partial charge is 0.370 e. The summed E-state index contributed by atoms with van der Waals surface area (Å²) in [6, 6.07) is 4.03. The highest BCUT2D eigenvalue weighted by molar-refractivity contribution is 6.29. The van der Waals surface area contributed by atoms with Crippen LogP contribution in [0.25, 0.3) is 0 Å². The zero-order valence-corrected chi connectivity index (χ0v) is 12.1. The quantitative estimate of drug-likeness (QED) is 0.468. The van der Waals surface area contributed by atoms with E-state index >= 15 is 0 Å². The third-order valence-corrected chi connectivity index (χ3v) is 3.16. The summed E-state index contributed by atoms with van der Waals surface area (Å²) in [4.78, 5) is 17.0. The molecule has 4 N–H and O–H groups in total. The molecule has 19 heavy (non-hydrogen) atoms. The van der Waals surface area contributed by atoms with Crippen LogP contribution in [-0.2, 0) is 4.79 Å². The summed E-state index contributed by atoms with van der Waals surface area (Å²) < 4.78 is 0. The second kappa shape index (κ2) is 6.02. The summed E-state index contributed by atoms with van der Waals surface area (Å²) in [6.45, 7) is 5.84. The Kier molecular flexibility index (Phi) is 4.89. The van der Waals surface area contributed by atoms with Gasteiger partial charge in [-0.15, -0.1) is 0 Å². The number of pyridine rings is 1. The molecule has 1 heterocycles. The van der Waals surface area contributed by atoms with Crippen LogP contribution in [0.2, 0.25) is 5.15 Å². The summed E-state index contributed by atoms with van der Waals surface area (Å²) in [7, 11) is 0. The maximum Gasteiger partial charge on any atom is 0.245 e. The van der Waals surface area contributed by atoms with Gasteiger partial charge in [0.1, 0.15) is 5.15 Å². The third kappa shape index (κ3) is 5.26. The van der Waals surface area contributed by atoms with Crippen LogP contribution in [0.1, 0.15) is 38.7 Å². The number of nitrogens with zero attached hydrogens (tertiary/aromatic N) is 2. The molecule has 1 fully saturated rings. The molecule has 0 radical (unpaired) electrons. The van der Waals surface area contributed by atoms with Crippen LogP contribution in [0.3, 0.4) is 0 Å². The molecular weight excluding hydrogens is 264 g/mol. The van der Waals surface area contributed by atoms with Gasteiger partial charge in [0, 0.05) is 13.1 Å². The Hall–Kier alpha value is -1.62. The number of amides is 1. The van der Waals surface area contributed by atoms with E-state index in [2.05, 4.69) is 29.9 Å². The van der Waals surface area contributed by atoms with Crippen molar-refractivity contribution < 1.29 is 4.79 Å². The molecule has 1 unspecified atom stereocenters. The van der Waals surface area contributed by atoms with Crippen molar-refractivity contribution in [3.05, 3.63) is 29.0 Å². The van der Waals surface area contributed by atoms with E-state index < -0.39 is 0 Å². The van der Waals surface area contributed by atoms with Crippen molar-refractivity contribution in [3.8, 4) is 0 Å². The standard InChI is InChI=1S/C10H12ClN.C3H7N3O/c1-10(2)6-8(10)7-3-4-12-9(11)5-7;1-2(7)6-3(4)5/h3-5,8H,6H2,1-2H3;1H3,(H4,4,5,6,7). The first-order valence-corrected chi connectivity index (χ1v) is 6.32.